The Morgan fingerprint density at radius 1 is 1.25 bits per heavy atom. The number of amides is 1. The minimum atomic E-state index is -0.205. The molecule has 2 N–H and O–H groups in total. The van der Waals surface area contributed by atoms with E-state index in [2.05, 4.69) is 10.2 Å². The molecular formula is C17H32ClN3O3. The number of likely N-dealkylation sites (tertiary alicyclic amines) is 1. The Bertz CT molecular complexity index is 408. The van der Waals surface area contributed by atoms with E-state index in [9.17, 15) is 9.90 Å². The lowest BCUT2D eigenvalue weighted by atomic mass is 9.58. The Morgan fingerprint density at radius 3 is 2.50 bits per heavy atom. The van der Waals surface area contributed by atoms with Crippen LogP contribution < -0.4 is 5.32 Å². The maximum atomic E-state index is 12.2. The second-order valence-corrected chi connectivity index (χ2v) is 7.15. The number of rotatable bonds is 5. The van der Waals surface area contributed by atoms with Crippen LogP contribution in [0.25, 0.3) is 0 Å². The number of nitrogens with one attached hydrogen (secondary N) is 1. The Kier molecular flexibility index (Phi) is 7.31. The van der Waals surface area contributed by atoms with Gasteiger partial charge in [-0.3, -0.25) is 4.79 Å². The molecule has 1 aliphatic carbocycles. The van der Waals surface area contributed by atoms with Gasteiger partial charge in [0.1, 0.15) is 0 Å². The van der Waals surface area contributed by atoms with Gasteiger partial charge in [0.15, 0.2) is 0 Å². The van der Waals surface area contributed by atoms with Crippen molar-refractivity contribution in [3.8, 4) is 0 Å². The van der Waals surface area contributed by atoms with E-state index in [1.165, 1.54) is 0 Å². The lowest BCUT2D eigenvalue weighted by molar-refractivity contribution is -0.209. The number of ether oxygens (including phenoxy) is 1. The molecule has 6 nitrogen and oxygen atoms in total. The zero-order chi connectivity index (χ0) is 16.3. The lowest BCUT2D eigenvalue weighted by Gasteiger charge is -2.56. The first-order chi connectivity index (χ1) is 11.2. The summed E-state index contributed by atoms with van der Waals surface area (Å²) in [6.07, 6.45) is 3.40. The molecule has 0 aromatic carbocycles. The van der Waals surface area contributed by atoms with Crippen LogP contribution >= 0.6 is 12.4 Å². The van der Waals surface area contributed by atoms with Gasteiger partial charge in [0.25, 0.3) is 0 Å². The van der Waals surface area contributed by atoms with Crippen LogP contribution in [0.4, 0.5) is 0 Å². The largest absolute Gasteiger partial charge is 0.392 e. The molecule has 24 heavy (non-hydrogen) atoms. The van der Waals surface area contributed by atoms with E-state index in [4.69, 9.17) is 4.74 Å². The van der Waals surface area contributed by atoms with Crippen LogP contribution in [0.15, 0.2) is 0 Å². The van der Waals surface area contributed by atoms with Crippen molar-refractivity contribution in [2.24, 2.45) is 5.41 Å². The van der Waals surface area contributed by atoms with Crippen molar-refractivity contribution in [3.63, 3.8) is 0 Å². The van der Waals surface area contributed by atoms with Gasteiger partial charge >= 0.3 is 0 Å². The summed E-state index contributed by atoms with van der Waals surface area (Å²) in [6, 6.07) is 0. The van der Waals surface area contributed by atoms with Gasteiger partial charge in [-0.1, -0.05) is 0 Å². The maximum Gasteiger partial charge on any atom is 0.223 e. The van der Waals surface area contributed by atoms with Crippen molar-refractivity contribution in [1.29, 1.82) is 0 Å². The van der Waals surface area contributed by atoms with Crippen LogP contribution in [0.2, 0.25) is 0 Å². The zero-order valence-electron chi connectivity index (χ0n) is 14.7. The van der Waals surface area contributed by atoms with Gasteiger partial charge < -0.3 is 25.0 Å². The standard InChI is InChI=1S/C17H31N3O3.ClH/c1-2-23-15-13-14(21)17(15)4-9-19(10-5-17)8-3-16(22)20-11-6-18-7-12-20;/h14-15,18,21H,2-13H2,1H3;1H. The summed E-state index contributed by atoms with van der Waals surface area (Å²) in [5.74, 6) is 0.280. The minimum Gasteiger partial charge on any atom is -0.392 e. The smallest absolute Gasteiger partial charge is 0.223 e. The molecule has 0 bridgehead atoms. The second kappa shape index (κ2) is 8.81. The first-order valence-electron chi connectivity index (χ1n) is 9.16. The fraction of sp³-hybridized carbons (Fsp3) is 0.941. The number of nitrogens with zero attached hydrogens (tertiary/aromatic N) is 2. The summed E-state index contributed by atoms with van der Waals surface area (Å²) in [5, 5.41) is 13.5. The van der Waals surface area contributed by atoms with Gasteiger partial charge in [0.05, 0.1) is 12.2 Å². The monoisotopic (exact) mass is 361 g/mol. The summed E-state index contributed by atoms with van der Waals surface area (Å²) in [5.41, 5.74) is -0.0188. The number of carbonyl (C=O) groups excluding carboxylic acids is 1. The van der Waals surface area contributed by atoms with E-state index in [0.29, 0.717) is 6.42 Å². The van der Waals surface area contributed by atoms with Crippen molar-refractivity contribution in [1.82, 2.24) is 15.1 Å². The topological polar surface area (TPSA) is 65.0 Å². The molecule has 1 spiro atoms. The molecule has 7 heteroatoms. The summed E-state index contributed by atoms with van der Waals surface area (Å²) in [4.78, 5) is 16.6. The average molecular weight is 362 g/mol. The van der Waals surface area contributed by atoms with Crippen molar-refractivity contribution in [2.45, 2.75) is 44.8 Å². The third-order valence-electron chi connectivity index (χ3n) is 6.01. The predicted octanol–water partition coefficient (Wildman–Crippen LogP) is 0.482. The highest BCUT2D eigenvalue weighted by atomic mass is 35.5. The second-order valence-electron chi connectivity index (χ2n) is 7.15. The van der Waals surface area contributed by atoms with E-state index in [0.717, 1.165) is 71.7 Å². The molecule has 1 amide bonds. The van der Waals surface area contributed by atoms with Crippen LogP contribution in [0.3, 0.4) is 0 Å². The summed E-state index contributed by atoms with van der Waals surface area (Å²) in [6.45, 7) is 9.02. The van der Waals surface area contributed by atoms with Crippen LogP contribution in [0.5, 0.6) is 0 Å². The van der Waals surface area contributed by atoms with Crippen LogP contribution in [-0.4, -0.2) is 85.4 Å². The van der Waals surface area contributed by atoms with Gasteiger partial charge in [-0.15, -0.1) is 12.4 Å². The molecule has 1 saturated carbocycles. The summed E-state index contributed by atoms with van der Waals surface area (Å²) >= 11 is 0. The van der Waals surface area contributed by atoms with Crippen molar-refractivity contribution in [3.05, 3.63) is 0 Å². The number of carbonyl (C=O) groups is 1. The van der Waals surface area contributed by atoms with Crippen LogP contribution in [-0.2, 0) is 9.53 Å². The highest BCUT2D eigenvalue weighted by molar-refractivity contribution is 5.85. The third kappa shape index (κ3) is 4.05. The van der Waals surface area contributed by atoms with E-state index >= 15 is 0 Å². The molecule has 3 fully saturated rings. The number of piperazine rings is 1. The molecular weight excluding hydrogens is 330 g/mol. The van der Waals surface area contributed by atoms with E-state index < -0.39 is 0 Å². The van der Waals surface area contributed by atoms with E-state index in [1.54, 1.807) is 0 Å². The molecule has 0 radical (unpaired) electrons. The molecule has 2 atom stereocenters. The van der Waals surface area contributed by atoms with E-state index in [1.807, 2.05) is 11.8 Å². The van der Waals surface area contributed by atoms with Crippen molar-refractivity contribution >= 4 is 18.3 Å². The number of aliphatic hydroxyl groups is 1. The fourth-order valence-electron chi connectivity index (χ4n) is 4.34. The fourth-order valence-corrected chi connectivity index (χ4v) is 4.34. The molecule has 2 aliphatic heterocycles. The first kappa shape index (κ1) is 19.9. The third-order valence-corrected chi connectivity index (χ3v) is 6.01. The Morgan fingerprint density at radius 2 is 1.92 bits per heavy atom. The molecule has 2 unspecified atom stereocenters. The molecule has 3 rings (SSSR count). The quantitative estimate of drug-likeness (QED) is 0.745. The van der Waals surface area contributed by atoms with E-state index in [-0.39, 0.29) is 35.9 Å². The Labute approximate surface area is 151 Å². The highest BCUT2D eigenvalue weighted by Gasteiger charge is 2.55. The Hall–Kier alpha value is -0.400. The zero-order valence-corrected chi connectivity index (χ0v) is 15.5. The Balaban J connectivity index is 0.00000208. The SMILES string of the molecule is CCOC1CC(O)C12CCN(CCC(=O)N1CCNCC1)CC2.Cl. The van der Waals surface area contributed by atoms with Gasteiger partial charge in [0, 0.05) is 57.6 Å². The lowest BCUT2D eigenvalue weighted by Crippen LogP contribution is -2.62. The molecule has 0 aromatic rings. The molecule has 2 heterocycles. The van der Waals surface area contributed by atoms with Gasteiger partial charge in [0.2, 0.25) is 5.91 Å². The molecule has 2 saturated heterocycles. The van der Waals surface area contributed by atoms with Crippen molar-refractivity contribution in [2.75, 3.05) is 52.4 Å². The predicted molar refractivity (Wildman–Crippen MR) is 95.5 cm³/mol. The number of piperidine rings is 1. The van der Waals surface area contributed by atoms with Crippen molar-refractivity contribution < 1.29 is 14.6 Å². The summed E-state index contributed by atoms with van der Waals surface area (Å²) in [7, 11) is 0. The maximum absolute atomic E-state index is 12.2. The summed E-state index contributed by atoms with van der Waals surface area (Å²) < 4.78 is 5.81. The minimum absolute atomic E-state index is 0. The number of halogens is 1. The van der Waals surface area contributed by atoms with Gasteiger partial charge in [-0.25, -0.2) is 0 Å². The molecule has 0 aromatic heterocycles. The van der Waals surface area contributed by atoms with Crippen LogP contribution in [0, 0.1) is 5.41 Å². The van der Waals surface area contributed by atoms with Crippen LogP contribution in [0.1, 0.15) is 32.6 Å². The molecule has 3 aliphatic rings. The highest BCUT2D eigenvalue weighted by Crippen LogP contribution is 2.50. The first-order valence-corrected chi connectivity index (χ1v) is 9.16. The number of hydrogen-bond acceptors (Lipinski definition) is 5. The van der Waals surface area contributed by atoms with Gasteiger partial charge in [-0.2, -0.15) is 0 Å². The normalized spacial score (nSPS) is 29.8. The molecule has 140 valence electrons. The average Bonchev–Trinajstić information content (AvgIpc) is 2.60. The number of hydrogen-bond donors (Lipinski definition) is 2. The number of aliphatic hydroxyl groups excluding tert-OH is 1. The van der Waals surface area contributed by atoms with Gasteiger partial charge in [-0.05, 0) is 32.9 Å².